The van der Waals surface area contributed by atoms with Gasteiger partial charge in [-0.15, -0.1) is 0 Å². The molecule has 0 saturated carbocycles. The largest absolute Gasteiger partial charge is 0.348 e. The van der Waals surface area contributed by atoms with Crippen molar-refractivity contribution in [1.29, 1.82) is 0 Å². The van der Waals surface area contributed by atoms with Crippen LogP contribution in [0.4, 0.5) is 0 Å². The topological polar surface area (TPSA) is 104 Å². The van der Waals surface area contributed by atoms with Gasteiger partial charge in [-0.1, -0.05) is 24.6 Å². The monoisotopic (exact) mass is 479 g/mol. The second kappa shape index (κ2) is 9.70. The summed E-state index contributed by atoms with van der Waals surface area (Å²) in [6.45, 7) is 2.43. The maximum Gasteiger partial charge on any atom is 0.251 e. The number of rotatable bonds is 7. The van der Waals surface area contributed by atoms with Gasteiger partial charge < -0.3 is 5.32 Å². The molecule has 0 aliphatic carbocycles. The van der Waals surface area contributed by atoms with Gasteiger partial charge in [-0.05, 0) is 55.7 Å². The molecule has 3 rings (SSSR count). The quantitative estimate of drug-likeness (QED) is 0.657. The van der Waals surface area contributed by atoms with Crippen molar-refractivity contribution in [2.24, 2.45) is 0 Å². The van der Waals surface area contributed by atoms with Crippen LogP contribution in [0.5, 0.6) is 0 Å². The van der Waals surface area contributed by atoms with Crippen molar-refractivity contribution in [2.45, 2.75) is 48.6 Å². The first kappa shape index (κ1) is 24.4. The molecule has 1 unspecified atom stereocenters. The Morgan fingerprint density at radius 2 is 1.69 bits per heavy atom. The van der Waals surface area contributed by atoms with E-state index in [1.807, 2.05) is 6.92 Å². The number of sulfonamides is 2. The molecule has 0 spiro atoms. The predicted molar refractivity (Wildman–Crippen MR) is 122 cm³/mol. The standard InChI is InChI=1S/C22H29N3O5S2/c1-17-8-6-7-15-25(17)31(27,28)20-13-11-18(12-14-20)22(26)23-16-19-9-4-5-10-21(19)32(29,30)24(2)3/h4-5,9-14,17H,6-8,15-16H2,1-3H3,(H,23,26). The molecule has 1 saturated heterocycles. The van der Waals surface area contributed by atoms with Crippen LogP contribution < -0.4 is 5.32 Å². The van der Waals surface area contributed by atoms with Crippen molar-refractivity contribution in [3.63, 3.8) is 0 Å². The van der Waals surface area contributed by atoms with Gasteiger partial charge in [0.25, 0.3) is 5.91 Å². The number of amides is 1. The summed E-state index contributed by atoms with van der Waals surface area (Å²) in [6.07, 6.45) is 2.70. The van der Waals surface area contributed by atoms with Gasteiger partial charge in [0.15, 0.2) is 0 Å². The van der Waals surface area contributed by atoms with Crippen LogP contribution in [0.25, 0.3) is 0 Å². The maximum absolute atomic E-state index is 12.9. The van der Waals surface area contributed by atoms with Crippen molar-refractivity contribution < 1.29 is 21.6 Å². The van der Waals surface area contributed by atoms with Gasteiger partial charge >= 0.3 is 0 Å². The molecule has 1 fully saturated rings. The summed E-state index contributed by atoms with van der Waals surface area (Å²) in [5.41, 5.74) is 0.761. The van der Waals surface area contributed by atoms with E-state index in [-0.39, 0.29) is 22.4 Å². The van der Waals surface area contributed by atoms with Crippen molar-refractivity contribution in [2.75, 3.05) is 20.6 Å². The molecule has 0 radical (unpaired) electrons. The Hall–Kier alpha value is -2.27. The third-order valence-corrected chi connectivity index (χ3v) is 9.58. The van der Waals surface area contributed by atoms with Crippen LogP contribution in [0, 0.1) is 0 Å². The van der Waals surface area contributed by atoms with E-state index in [0.717, 1.165) is 23.6 Å². The highest BCUT2D eigenvalue weighted by molar-refractivity contribution is 7.89. The van der Waals surface area contributed by atoms with Crippen LogP contribution in [0.2, 0.25) is 0 Å². The van der Waals surface area contributed by atoms with E-state index in [2.05, 4.69) is 5.32 Å². The first-order valence-electron chi connectivity index (χ1n) is 10.5. The number of hydrogen-bond acceptors (Lipinski definition) is 5. The van der Waals surface area contributed by atoms with E-state index >= 15 is 0 Å². The number of carbonyl (C=O) groups excluding carboxylic acids is 1. The number of piperidine rings is 1. The highest BCUT2D eigenvalue weighted by atomic mass is 32.2. The highest BCUT2D eigenvalue weighted by Crippen LogP contribution is 2.25. The van der Waals surface area contributed by atoms with Crippen molar-refractivity contribution >= 4 is 26.0 Å². The molecule has 1 atom stereocenters. The lowest BCUT2D eigenvalue weighted by atomic mass is 10.1. The molecule has 1 amide bonds. The van der Waals surface area contributed by atoms with Crippen LogP contribution in [0.15, 0.2) is 58.3 Å². The minimum atomic E-state index is -3.65. The molecule has 1 aliphatic rings. The van der Waals surface area contributed by atoms with Crippen LogP contribution in [0.1, 0.15) is 42.1 Å². The maximum atomic E-state index is 12.9. The second-order valence-electron chi connectivity index (χ2n) is 8.06. The first-order chi connectivity index (χ1) is 15.0. The SMILES string of the molecule is CC1CCCCN1S(=O)(=O)c1ccc(C(=O)NCc2ccccc2S(=O)(=O)N(C)C)cc1. The number of nitrogens with zero attached hydrogens (tertiary/aromatic N) is 2. The van der Waals surface area contributed by atoms with Crippen LogP contribution in [-0.2, 0) is 26.6 Å². The van der Waals surface area contributed by atoms with Crippen molar-refractivity contribution in [1.82, 2.24) is 13.9 Å². The molecule has 2 aromatic rings. The summed E-state index contributed by atoms with van der Waals surface area (Å²) in [7, 11) is -4.36. The van der Waals surface area contributed by atoms with Crippen LogP contribution >= 0.6 is 0 Å². The Morgan fingerprint density at radius 3 is 2.31 bits per heavy atom. The van der Waals surface area contributed by atoms with Gasteiger partial charge in [-0.2, -0.15) is 4.31 Å². The zero-order chi connectivity index (χ0) is 23.5. The Morgan fingerprint density at radius 1 is 1.03 bits per heavy atom. The van der Waals surface area contributed by atoms with Crippen molar-refractivity contribution in [3.8, 4) is 0 Å². The Balaban J connectivity index is 1.73. The molecular formula is C22H29N3O5S2. The number of benzene rings is 2. The molecule has 0 aromatic heterocycles. The van der Waals surface area contributed by atoms with E-state index < -0.39 is 26.0 Å². The number of carbonyl (C=O) groups is 1. The minimum absolute atomic E-state index is 0.0212. The second-order valence-corrected chi connectivity index (χ2v) is 12.1. The van der Waals surface area contributed by atoms with Gasteiger partial charge in [0.2, 0.25) is 20.0 Å². The van der Waals surface area contributed by atoms with E-state index in [9.17, 15) is 21.6 Å². The lowest BCUT2D eigenvalue weighted by Crippen LogP contribution is -2.41. The van der Waals surface area contributed by atoms with Gasteiger partial charge in [0.05, 0.1) is 9.79 Å². The van der Waals surface area contributed by atoms with Crippen LogP contribution in [-0.4, -0.2) is 58.0 Å². The summed E-state index contributed by atoms with van der Waals surface area (Å²) in [4.78, 5) is 12.9. The molecule has 0 bridgehead atoms. The molecule has 1 N–H and O–H groups in total. The zero-order valence-electron chi connectivity index (χ0n) is 18.5. The first-order valence-corrected chi connectivity index (χ1v) is 13.3. The summed E-state index contributed by atoms with van der Waals surface area (Å²) in [5, 5.41) is 2.71. The van der Waals surface area contributed by atoms with Crippen molar-refractivity contribution in [3.05, 3.63) is 59.7 Å². The molecule has 1 aliphatic heterocycles. The lowest BCUT2D eigenvalue weighted by Gasteiger charge is -2.32. The fourth-order valence-electron chi connectivity index (χ4n) is 3.72. The van der Waals surface area contributed by atoms with Gasteiger partial charge in [0, 0.05) is 38.8 Å². The fraction of sp³-hybridized carbons (Fsp3) is 0.409. The lowest BCUT2D eigenvalue weighted by molar-refractivity contribution is 0.0950. The fourth-order valence-corrected chi connectivity index (χ4v) is 6.53. The zero-order valence-corrected chi connectivity index (χ0v) is 20.1. The molecule has 174 valence electrons. The smallest absolute Gasteiger partial charge is 0.251 e. The Labute approximate surface area is 190 Å². The molecular weight excluding hydrogens is 450 g/mol. The average molecular weight is 480 g/mol. The summed E-state index contributed by atoms with van der Waals surface area (Å²) >= 11 is 0. The van der Waals surface area contributed by atoms with Crippen LogP contribution in [0.3, 0.4) is 0 Å². The van der Waals surface area contributed by atoms with E-state index in [4.69, 9.17) is 0 Å². The predicted octanol–water partition coefficient (Wildman–Crippen LogP) is 2.43. The van der Waals surface area contributed by atoms with Gasteiger partial charge in [-0.25, -0.2) is 21.1 Å². The summed E-state index contributed by atoms with van der Waals surface area (Å²) in [6, 6.07) is 12.3. The van der Waals surface area contributed by atoms with E-state index in [1.165, 1.54) is 48.7 Å². The average Bonchev–Trinajstić information content (AvgIpc) is 2.77. The summed E-state index contributed by atoms with van der Waals surface area (Å²) < 4.78 is 53.5. The van der Waals surface area contributed by atoms with E-state index in [1.54, 1.807) is 18.2 Å². The molecule has 2 aromatic carbocycles. The number of nitrogens with one attached hydrogen (secondary N) is 1. The molecule has 8 nitrogen and oxygen atoms in total. The number of hydrogen-bond donors (Lipinski definition) is 1. The highest BCUT2D eigenvalue weighted by Gasteiger charge is 2.31. The van der Waals surface area contributed by atoms with Gasteiger partial charge in [0.1, 0.15) is 0 Å². The Bertz CT molecular complexity index is 1180. The van der Waals surface area contributed by atoms with E-state index in [0.29, 0.717) is 17.7 Å². The minimum Gasteiger partial charge on any atom is -0.348 e. The third kappa shape index (κ3) is 5.03. The Kier molecular flexibility index (Phi) is 7.39. The van der Waals surface area contributed by atoms with Gasteiger partial charge in [-0.3, -0.25) is 4.79 Å². The normalized spacial score (nSPS) is 17.9. The molecule has 10 heteroatoms. The molecule has 1 heterocycles. The third-order valence-electron chi connectivity index (χ3n) is 5.64. The molecule has 32 heavy (non-hydrogen) atoms. The summed E-state index contributed by atoms with van der Waals surface area (Å²) in [5.74, 6) is -0.419.